The van der Waals surface area contributed by atoms with E-state index in [1.165, 1.54) is 0 Å². The van der Waals surface area contributed by atoms with Crippen LogP contribution in [-0.4, -0.2) is 30.1 Å². The van der Waals surface area contributed by atoms with E-state index in [1.54, 1.807) is 0 Å². The highest BCUT2D eigenvalue weighted by molar-refractivity contribution is 5.77. The molecule has 2 heterocycles. The molecule has 2 aliphatic heterocycles. The van der Waals surface area contributed by atoms with Gasteiger partial charge in [-0.05, 0) is 24.8 Å². The number of hydrogen-bond donors (Lipinski definition) is 1. The van der Waals surface area contributed by atoms with Crippen molar-refractivity contribution < 1.29 is 4.79 Å². The van der Waals surface area contributed by atoms with Gasteiger partial charge in [-0.2, -0.15) is 0 Å². The quantitative estimate of drug-likeness (QED) is 0.605. The molecule has 3 nitrogen and oxygen atoms in total. The smallest absolute Gasteiger partial charge is 0.223 e. The van der Waals surface area contributed by atoms with E-state index in [4.69, 9.17) is 0 Å². The van der Waals surface area contributed by atoms with Gasteiger partial charge in [0.05, 0.1) is 6.17 Å². The molecular weight excluding hydrogens is 164 g/mol. The Morgan fingerprint density at radius 1 is 1.54 bits per heavy atom. The van der Waals surface area contributed by atoms with Crippen molar-refractivity contribution >= 4 is 5.91 Å². The van der Waals surface area contributed by atoms with E-state index in [9.17, 15) is 4.79 Å². The molecular formula is C10H18N2O. The topological polar surface area (TPSA) is 32.3 Å². The number of hydrogen-bond acceptors (Lipinski definition) is 2. The Bertz CT molecular complexity index is 225. The molecule has 1 atom stereocenters. The van der Waals surface area contributed by atoms with Crippen molar-refractivity contribution in [2.75, 3.05) is 13.1 Å². The van der Waals surface area contributed by atoms with E-state index in [-0.39, 0.29) is 11.6 Å². The molecule has 2 fully saturated rings. The molecule has 0 saturated carbocycles. The molecule has 0 aromatic rings. The van der Waals surface area contributed by atoms with Crippen LogP contribution in [0.15, 0.2) is 0 Å². The van der Waals surface area contributed by atoms with Gasteiger partial charge in [-0.3, -0.25) is 10.1 Å². The van der Waals surface area contributed by atoms with Crippen LogP contribution >= 0.6 is 0 Å². The van der Waals surface area contributed by atoms with Gasteiger partial charge >= 0.3 is 0 Å². The van der Waals surface area contributed by atoms with Gasteiger partial charge in [0, 0.05) is 13.0 Å². The Kier molecular flexibility index (Phi) is 2.06. The highest BCUT2D eigenvalue weighted by atomic mass is 16.2. The Labute approximate surface area is 79.5 Å². The first-order chi connectivity index (χ1) is 6.11. The predicted molar refractivity (Wildman–Crippen MR) is 51.1 cm³/mol. The largest absolute Gasteiger partial charge is 0.327 e. The van der Waals surface area contributed by atoms with Gasteiger partial charge in [0.25, 0.3) is 0 Å². The molecule has 0 spiro atoms. The average Bonchev–Trinajstić information content (AvgIpc) is 2.13. The van der Waals surface area contributed by atoms with Crippen LogP contribution in [0.3, 0.4) is 0 Å². The SMILES string of the molecule is CC1(C)CCC(=O)N2CCCNC21. The van der Waals surface area contributed by atoms with Gasteiger partial charge in [-0.15, -0.1) is 0 Å². The predicted octanol–water partition coefficient (Wildman–Crippen LogP) is 0.954. The summed E-state index contributed by atoms with van der Waals surface area (Å²) >= 11 is 0. The molecule has 0 aliphatic carbocycles. The van der Waals surface area contributed by atoms with E-state index in [0.717, 1.165) is 32.4 Å². The first kappa shape index (κ1) is 9.00. The van der Waals surface area contributed by atoms with Crippen LogP contribution in [0.1, 0.15) is 33.1 Å². The van der Waals surface area contributed by atoms with Crippen LogP contribution in [0.2, 0.25) is 0 Å². The van der Waals surface area contributed by atoms with Crippen molar-refractivity contribution in [3.8, 4) is 0 Å². The van der Waals surface area contributed by atoms with Crippen LogP contribution in [0.25, 0.3) is 0 Å². The van der Waals surface area contributed by atoms with Crippen molar-refractivity contribution in [3.63, 3.8) is 0 Å². The molecule has 3 heteroatoms. The number of amides is 1. The zero-order chi connectivity index (χ0) is 9.47. The fraction of sp³-hybridized carbons (Fsp3) is 0.900. The van der Waals surface area contributed by atoms with Gasteiger partial charge in [0.2, 0.25) is 5.91 Å². The third-order valence-corrected chi connectivity index (χ3v) is 3.27. The number of nitrogens with zero attached hydrogens (tertiary/aromatic N) is 1. The maximum atomic E-state index is 11.6. The highest BCUT2D eigenvalue weighted by Crippen LogP contribution is 2.35. The van der Waals surface area contributed by atoms with Crippen molar-refractivity contribution in [1.29, 1.82) is 0 Å². The summed E-state index contributed by atoms with van der Waals surface area (Å²) in [4.78, 5) is 13.6. The second-order valence-corrected chi connectivity index (χ2v) is 4.79. The molecule has 13 heavy (non-hydrogen) atoms. The second-order valence-electron chi connectivity index (χ2n) is 4.79. The molecule has 2 rings (SSSR count). The Morgan fingerprint density at radius 3 is 3.00 bits per heavy atom. The van der Waals surface area contributed by atoms with Crippen LogP contribution in [0.5, 0.6) is 0 Å². The normalized spacial score (nSPS) is 32.9. The summed E-state index contributed by atoms with van der Waals surface area (Å²) in [5, 5.41) is 3.45. The Hall–Kier alpha value is -0.570. The standard InChI is InChI=1S/C10H18N2O/c1-10(2)5-4-8(13)12-7-3-6-11-9(10)12/h9,11H,3-7H2,1-2H3. The molecule has 0 radical (unpaired) electrons. The molecule has 1 unspecified atom stereocenters. The highest BCUT2D eigenvalue weighted by Gasteiger charge is 2.41. The van der Waals surface area contributed by atoms with Crippen LogP contribution in [-0.2, 0) is 4.79 Å². The van der Waals surface area contributed by atoms with E-state index in [2.05, 4.69) is 19.2 Å². The lowest BCUT2D eigenvalue weighted by atomic mass is 9.79. The van der Waals surface area contributed by atoms with Crippen molar-refractivity contribution in [3.05, 3.63) is 0 Å². The van der Waals surface area contributed by atoms with Gasteiger partial charge in [0.1, 0.15) is 0 Å². The molecule has 0 aromatic carbocycles. The molecule has 1 N–H and O–H groups in total. The summed E-state index contributed by atoms with van der Waals surface area (Å²) in [5.41, 5.74) is 0.244. The van der Waals surface area contributed by atoms with Crippen molar-refractivity contribution in [2.24, 2.45) is 5.41 Å². The van der Waals surface area contributed by atoms with Gasteiger partial charge in [0.15, 0.2) is 0 Å². The van der Waals surface area contributed by atoms with E-state index < -0.39 is 0 Å². The number of piperidine rings is 1. The summed E-state index contributed by atoms with van der Waals surface area (Å²) in [6, 6.07) is 0. The number of nitrogens with one attached hydrogen (secondary N) is 1. The monoisotopic (exact) mass is 182 g/mol. The fourth-order valence-corrected chi connectivity index (χ4v) is 2.40. The lowest BCUT2D eigenvalue weighted by Gasteiger charge is -2.49. The van der Waals surface area contributed by atoms with Gasteiger partial charge in [-0.1, -0.05) is 13.8 Å². The lowest BCUT2D eigenvalue weighted by molar-refractivity contribution is -0.145. The van der Waals surface area contributed by atoms with E-state index in [0.29, 0.717) is 5.91 Å². The summed E-state index contributed by atoms with van der Waals surface area (Å²) in [6.45, 7) is 6.49. The first-order valence-corrected chi connectivity index (χ1v) is 5.14. The third kappa shape index (κ3) is 1.46. The van der Waals surface area contributed by atoms with Crippen LogP contribution in [0, 0.1) is 5.41 Å². The molecule has 1 amide bonds. The summed E-state index contributed by atoms with van der Waals surface area (Å²) in [6.07, 6.45) is 3.12. The van der Waals surface area contributed by atoms with E-state index in [1.807, 2.05) is 4.90 Å². The molecule has 0 bridgehead atoms. The maximum Gasteiger partial charge on any atom is 0.223 e. The maximum absolute atomic E-state index is 11.6. The summed E-state index contributed by atoms with van der Waals surface area (Å²) in [5.74, 6) is 0.330. The first-order valence-electron chi connectivity index (χ1n) is 5.14. The van der Waals surface area contributed by atoms with Gasteiger partial charge < -0.3 is 4.90 Å². The van der Waals surface area contributed by atoms with E-state index >= 15 is 0 Å². The third-order valence-electron chi connectivity index (χ3n) is 3.27. The minimum Gasteiger partial charge on any atom is -0.327 e. The van der Waals surface area contributed by atoms with Crippen LogP contribution in [0.4, 0.5) is 0 Å². The van der Waals surface area contributed by atoms with Gasteiger partial charge in [-0.25, -0.2) is 0 Å². The molecule has 2 aliphatic rings. The minimum atomic E-state index is 0.244. The second kappa shape index (κ2) is 2.98. The molecule has 0 aromatic heterocycles. The summed E-state index contributed by atoms with van der Waals surface area (Å²) < 4.78 is 0. The fourth-order valence-electron chi connectivity index (χ4n) is 2.40. The number of carbonyl (C=O) groups is 1. The van der Waals surface area contributed by atoms with Crippen LogP contribution < -0.4 is 5.32 Å². The summed E-state index contributed by atoms with van der Waals surface area (Å²) in [7, 11) is 0. The Balaban J connectivity index is 2.19. The number of carbonyl (C=O) groups excluding carboxylic acids is 1. The number of rotatable bonds is 0. The number of fused-ring (bicyclic) bond motifs is 1. The Morgan fingerprint density at radius 2 is 2.31 bits per heavy atom. The van der Waals surface area contributed by atoms with Crippen molar-refractivity contribution in [2.45, 2.75) is 39.3 Å². The minimum absolute atomic E-state index is 0.244. The van der Waals surface area contributed by atoms with Crippen molar-refractivity contribution in [1.82, 2.24) is 10.2 Å². The molecule has 2 saturated heterocycles. The molecule has 74 valence electrons. The lowest BCUT2D eigenvalue weighted by Crippen LogP contribution is -2.62. The average molecular weight is 182 g/mol. The zero-order valence-electron chi connectivity index (χ0n) is 8.47. The zero-order valence-corrected chi connectivity index (χ0v) is 8.47.